The second-order valence-corrected chi connectivity index (χ2v) is 8.07. The predicted octanol–water partition coefficient (Wildman–Crippen LogP) is 2.88. The Morgan fingerprint density at radius 1 is 1.33 bits per heavy atom. The predicted molar refractivity (Wildman–Crippen MR) is 67.0 cm³/mol. The molecule has 0 aliphatic carbocycles. The van der Waals surface area contributed by atoms with Gasteiger partial charge in [-0.25, -0.2) is 8.51 Å². The highest BCUT2D eigenvalue weighted by Crippen LogP contribution is 2.56. The lowest BCUT2D eigenvalue weighted by Gasteiger charge is -2.21. The van der Waals surface area contributed by atoms with Gasteiger partial charge in [0.05, 0.1) is 10.3 Å². The van der Waals surface area contributed by atoms with E-state index >= 15 is 0 Å². The van der Waals surface area contributed by atoms with Crippen molar-refractivity contribution in [3.8, 4) is 0 Å². The third kappa shape index (κ3) is 1.80. The molecule has 0 amide bonds. The maximum absolute atomic E-state index is 12.3. The zero-order valence-electron chi connectivity index (χ0n) is 10.8. The van der Waals surface area contributed by atoms with Crippen LogP contribution < -0.4 is 0 Å². The van der Waals surface area contributed by atoms with Gasteiger partial charge in [0.1, 0.15) is 11.0 Å². The highest BCUT2D eigenvalue weighted by Gasteiger charge is 2.69. The molecule has 1 aliphatic heterocycles. The van der Waals surface area contributed by atoms with Crippen LogP contribution in [0.25, 0.3) is 0 Å². The van der Waals surface area contributed by atoms with Gasteiger partial charge in [0.15, 0.2) is 0 Å². The van der Waals surface area contributed by atoms with E-state index in [9.17, 15) is 4.21 Å². The first kappa shape index (κ1) is 12.9. The fourth-order valence-corrected chi connectivity index (χ4v) is 3.84. The molecule has 2 nitrogen and oxygen atoms in total. The average Bonchev–Trinajstić information content (AvgIpc) is 2.43. The van der Waals surface area contributed by atoms with Crippen molar-refractivity contribution in [2.75, 3.05) is 0 Å². The van der Waals surface area contributed by atoms with Gasteiger partial charge in [-0.1, -0.05) is 6.08 Å². The molecule has 2 unspecified atom stereocenters. The monoisotopic (exact) mass is 229 g/mol. The molecular formula is C12H23NOS. The van der Waals surface area contributed by atoms with Crippen LogP contribution in [0.15, 0.2) is 12.7 Å². The van der Waals surface area contributed by atoms with Crippen LogP contribution in [0.1, 0.15) is 48.0 Å². The van der Waals surface area contributed by atoms with Crippen molar-refractivity contribution in [1.29, 1.82) is 0 Å². The Morgan fingerprint density at radius 3 is 2.13 bits per heavy atom. The van der Waals surface area contributed by atoms with Crippen LogP contribution in [0.2, 0.25) is 0 Å². The first-order valence-corrected chi connectivity index (χ1v) is 6.53. The zero-order chi connectivity index (χ0) is 12.1. The normalized spacial score (nSPS) is 36.0. The second-order valence-electron chi connectivity index (χ2n) is 5.98. The van der Waals surface area contributed by atoms with Crippen LogP contribution in [0.5, 0.6) is 0 Å². The van der Waals surface area contributed by atoms with E-state index in [1.807, 2.05) is 26.8 Å². The van der Waals surface area contributed by atoms with Crippen LogP contribution in [-0.2, 0) is 11.0 Å². The summed E-state index contributed by atoms with van der Waals surface area (Å²) in [7, 11) is -0.933. The number of nitrogens with zero attached hydrogens (tertiary/aromatic N) is 1. The van der Waals surface area contributed by atoms with E-state index in [0.29, 0.717) is 0 Å². The van der Waals surface area contributed by atoms with E-state index in [2.05, 4.69) is 31.7 Å². The van der Waals surface area contributed by atoms with Crippen molar-refractivity contribution >= 4 is 11.0 Å². The van der Waals surface area contributed by atoms with Gasteiger partial charge in [0.2, 0.25) is 0 Å². The maximum Gasteiger partial charge on any atom is 0.101 e. The molecule has 1 saturated heterocycles. The summed E-state index contributed by atoms with van der Waals surface area (Å²) in [6, 6.07) is 0. The van der Waals surface area contributed by atoms with Gasteiger partial charge >= 0.3 is 0 Å². The van der Waals surface area contributed by atoms with Gasteiger partial charge in [-0.05, 0) is 48.0 Å². The Bertz CT molecular complexity index is 303. The van der Waals surface area contributed by atoms with Gasteiger partial charge in [-0.2, -0.15) is 0 Å². The first-order valence-electron chi connectivity index (χ1n) is 5.42. The number of hydrogen-bond acceptors (Lipinski definition) is 1. The van der Waals surface area contributed by atoms with Crippen molar-refractivity contribution in [3.05, 3.63) is 12.7 Å². The minimum atomic E-state index is -0.933. The molecule has 3 atom stereocenters. The highest BCUT2D eigenvalue weighted by atomic mass is 32.2. The van der Waals surface area contributed by atoms with Crippen LogP contribution in [0.3, 0.4) is 0 Å². The van der Waals surface area contributed by atoms with Crippen LogP contribution in [0.4, 0.5) is 0 Å². The largest absolute Gasteiger partial charge is 0.242 e. The van der Waals surface area contributed by atoms with Crippen LogP contribution in [0, 0.1) is 0 Å². The van der Waals surface area contributed by atoms with Crippen molar-refractivity contribution in [2.45, 2.75) is 63.8 Å². The summed E-state index contributed by atoms with van der Waals surface area (Å²) in [5, 5.41) is 0. The summed E-state index contributed by atoms with van der Waals surface area (Å²) in [5.74, 6) is 0. The fraction of sp³-hybridized carbons (Fsp3) is 0.833. The Balaban J connectivity index is 2.92. The molecule has 1 fully saturated rings. The van der Waals surface area contributed by atoms with Gasteiger partial charge in [-0.3, -0.25) is 0 Å². The molecule has 88 valence electrons. The van der Waals surface area contributed by atoms with E-state index < -0.39 is 11.0 Å². The summed E-state index contributed by atoms with van der Waals surface area (Å²) < 4.78 is 14.3. The third-order valence-corrected chi connectivity index (χ3v) is 5.69. The number of hydrogen-bond donors (Lipinski definition) is 0. The molecular weight excluding hydrogens is 206 g/mol. The summed E-state index contributed by atoms with van der Waals surface area (Å²) in [4.78, 5) is 0. The lowest BCUT2D eigenvalue weighted by atomic mass is 9.95. The molecule has 0 aromatic rings. The number of rotatable bonds is 3. The molecule has 0 radical (unpaired) electrons. The van der Waals surface area contributed by atoms with Crippen LogP contribution in [-0.4, -0.2) is 24.3 Å². The van der Waals surface area contributed by atoms with Gasteiger partial charge < -0.3 is 0 Å². The van der Waals surface area contributed by atoms with Crippen molar-refractivity contribution in [3.63, 3.8) is 0 Å². The highest BCUT2D eigenvalue weighted by molar-refractivity contribution is 7.84. The molecule has 0 aromatic heterocycles. The molecule has 1 rings (SSSR count). The van der Waals surface area contributed by atoms with Crippen molar-refractivity contribution < 1.29 is 4.21 Å². The minimum Gasteiger partial charge on any atom is -0.242 e. The minimum absolute atomic E-state index is 0.00684. The van der Waals surface area contributed by atoms with E-state index in [0.717, 1.165) is 6.42 Å². The average molecular weight is 229 g/mol. The molecule has 0 saturated carbocycles. The molecule has 0 aromatic carbocycles. The van der Waals surface area contributed by atoms with Gasteiger partial charge in [-0.15, -0.1) is 6.58 Å². The molecule has 3 heteroatoms. The Labute approximate surface area is 96.3 Å². The first-order chi connectivity index (χ1) is 6.59. The SMILES string of the molecule is C=CC[C@@]1(C)N(S(=O)C(C)(C)C)C1(C)C. The van der Waals surface area contributed by atoms with Crippen molar-refractivity contribution in [2.24, 2.45) is 0 Å². The Hall–Kier alpha value is -0.150. The summed E-state index contributed by atoms with van der Waals surface area (Å²) in [6.07, 6.45) is 2.81. The van der Waals surface area contributed by atoms with E-state index in [4.69, 9.17) is 0 Å². The summed E-state index contributed by atoms with van der Waals surface area (Å²) >= 11 is 0. The van der Waals surface area contributed by atoms with E-state index in [1.54, 1.807) is 0 Å². The Morgan fingerprint density at radius 2 is 1.80 bits per heavy atom. The fourth-order valence-electron chi connectivity index (χ4n) is 2.06. The second kappa shape index (κ2) is 3.42. The lowest BCUT2D eigenvalue weighted by molar-refractivity contribution is 0.550. The topological polar surface area (TPSA) is 20.1 Å². The maximum atomic E-state index is 12.3. The van der Waals surface area contributed by atoms with Crippen LogP contribution >= 0.6 is 0 Å². The zero-order valence-corrected chi connectivity index (χ0v) is 11.6. The van der Waals surface area contributed by atoms with Crippen molar-refractivity contribution in [1.82, 2.24) is 4.31 Å². The molecule has 1 aliphatic rings. The molecule has 0 N–H and O–H groups in total. The molecule has 0 spiro atoms. The molecule has 1 heterocycles. The smallest absolute Gasteiger partial charge is 0.101 e. The van der Waals surface area contributed by atoms with Gasteiger partial charge in [0, 0.05) is 5.54 Å². The standard InChI is InChI=1S/C12H23NOS/c1-8-9-12(7)11(5,6)13(12)15(14)10(2,3)4/h8H,1,9H2,2-7H3/t12-,13?,15?/m1/s1. The molecule has 0 bridgehead atoms. The lowest BCUT2D eigenvalue weighted by Crippen LogP contribution is -2.31. The molecule has 15 heavy (non-hydrogen) atoms. The third-order valence-electron chi connectivity index (χ3n) is 3.46. The summed E-state index contributed by atoms with van der Waals surface area (Å²) in [6.45, 7) is 16.3. The van der Waals surface area contributed by atoms with E-state index in [-0.39, 0.29) is 15.8 Å². The summed E-state index contributed by atoms with van der Waals surface area (Å²) in [5.41, 5.74) is 0.0201. The quantitative estimate of drug-likeness (QED) is 0.538. The van der Waals surface area contributed by atoms with E-state index in [1.165, 1.54) is 0 Å². The Kier molecular flexibility index (Phi) is 2.95. The van der Waals surface area contributed by atoms with Gasteiger partial charge in [0.25, 0.3) is 0 Å².